The molecule has 19 heavy (non-hydrogen) atoms. The average molecular weight is 358 g/mol. The van der Waals surface area contributed by atoms with E-state index in [2.05, 4.69) is 21.0 Å². The van der Waals surface area contributed by atoms with E-state index < -0.39 is 0 Å². The predicted molar refractivity (Wildman–Crippen MR) is 81.6 cm³/mol. The number of benzene rings is 2. The highest BCUT2D eigenvalue weighted by Gasteiger charge is 2.11. The Morgan fingerprint density at radius 1 is 1.11 bits per heavy atom. The van der Waals surface area contributed by atoms with E-state index in [0.717, 1.165) is 9.99 Å². The molecule has 0 aliphatic carbocycles. The van der Waals surface area contributed by atoms with Crippen molar-refractivity contribution in [3.8, 4) is 5.69 Å². The molecule has 3 rings (SSSR count). The first-order valence-electron chi connectivity index (χ1n) is 5.42. The number of hydrogen-bond donors (Lipinski definition) is 1. The maximum absolute atomic E-state index is 11.9. The Bertz CT molecular complexity index is 838. The SMILES string of the molecule is O=c1[nH]n(-c2cc(Cl)ccc2Cl)c2cc(Br)ccc12. The summed E-state index contributed by atoms with van der Waals surface area (Å²) in [5, 5.41) is 4.42. The van der Waals surface area contributed by atoms with Crippen LogP contribution >= 0.6 is 39.1 Å². The highest BCUT2D eigenvalue weighted by atomic mass is 79.9. The molecule has 0 amide bonds. The van der Waals surface area contributed by atoms with E-state index in [-0.39, 0.29) is 5.56 Å². The van der Waals surface area contributed by atoms with Crippen molar-refractivity contribution in [1.29, 1.82) is 0 Å². The van der Waals surface area contributed by atoms with E-state index >= 15 is 0 Å². The predicted octanol–water partition coefficient (Wildman–Crippen LogP) is 4.39. The molecule has 0 unspecified atom stereocenters. The van der Waals surface area contributed by atoms with Crippen LogP contribution in [0, 0.1) is 0 Å². The Labute approximate surface area is 126 Å². The van der Waals surface area contributed by atoms with Crippen molar-refractivity contribution in [2.24, 2.45) is 0 Å². The minimum atomic E-state index is -0.168. The number of aromatic nitrogens is 2. The van der Waals surface area contributed by atoms with Crippen LogP contribution in [0.2, 0.25) is 10.0 Å². The van der Waals surface area contributed by atoms with Gasteiger partial charge in [0.2, 0.25) is 0 Å². The number of fused-ring (bicyclic) bond motifs is 1. The molecule has 0 radical (unpaired) electrons. The second kappa shape index (κ2) is 4.71. The van der Waals surface area contributed by atoms with Crippen molar-refractivity contribution in [2.45, 2.75) is 0 Å². The van der Waals surface area contributed by atoms with Gasteiger partial charge < -0.3 is 0 Å². The zero-order valence-electron chi connectivity index (χ0n) is 9.45. The summed E-state index contributed by atoms with van der Waals surface area (Å²) in [6.45, 7) is 0. The van der Waals surface area contributed by atoms with Gasteiger partial charge in [0.1, 0.15) is 0 Å². The molecule has 96 valence electrons. The normalized spacial score (nSPS) is 11.1. The summed E-state index contributed by atoms with van der Waals surface area (Å²) < 4.78 is 2.52. The minimum absolute atomic E-state index is 0.168. The molecule has 0 fully saturated rings. The number of nitrogens with zero attached hydrogens (tertiary/aromatic N) is 1. The van der Waals surface area contributed by atoms with Gasteiger partial charge >= 0.3 is 0 Å². The number of hydrogen-bond acceptors (Lipinski definition) is 1. The van der Waals surface area contributed by atoms with Gasteiger partial charge in [0.05, 0.1) is 21.6 Å². The molecule has 0 saturated heterocycles. The van der Waals surface area contributed by atoms with Crippen molar-refractivity contribution in [3.63, 3.8) is 0 Å². The van der Waals surface area contributed by atoms with Crippen molar-refractivity contribution >= 4 is 50.0 Å². The van der Waals surface area contributed by atoms with Crippen LogP contribution in [0.5, 0.6) is 0 Å². The van der Waals surface area contributed by atoms with E-state index in [1.54, 1.807) is 28.9 Å². The molecule has 0 aliphatic heterocycles. The Hall–Kier alpha value is -1.23. The van der Waals surface area contributed by atoms with Crippen LogP contribution in [0.1, 0.15) is 0 Å². The molecule has 0 aliphatic rings. The quantitative estimate of drug-likeness (QED) is 0.689. The fourth-order valence-corrected chi connectivity index (χ4v) is 2.67. The molecule has 3 aromatic rings. The van der Waals surface area contributed by atoms with Gasteiger partial charge in [-0.2, -0.15) is 0 Å². The van der Waals surface area contributed by atoms with Gasteiger partial charge in [-0.3, -0.25) is 14.6 Å². The van der Waals surface area contributed by atoms with Gasteiger partial charge in [0.25, 0.3) is 5.56 Å². The van der Waals surface area contributed by atoms with E-state index in [4.69, 9.17) is 23.2 Å². The molecule has 0 spiro atoms. The van der Waals surface area contributed by atoms with Crippen LogP contribution in [-0.2, 0) is 0 Å². The smallest absolute Gasteiger partial charge is 0.267 e. The lowest BCUT2D eigenvalue weighted by Crippen LogP contribution is -2.04. The van der Waals surface area contributed by atoms with Gasteiger partial charge in [-0.1, -0.05) is 39.1 Å². The maximum Gasteiger partial charge on any atom is 0.272 e. The number of halogens is 3. The Balaban J connectivity index is 2.39. The molecular weight excluding hydrogens is 351 g/mol. The lowest BCUT2D eigenvalue weighted by Gasteiger charge is -2.07. The van der Waals surface area contributed by atoms with E-state index in [9.17, 15) is 4.79 Å². The number of H-pyrrole nitrogens is 1. The third kappa shape index (κ3) is 2.20. The zero-order valence-corrected chi connectivity index (χ0v) is 12.6. The Morgan fingerprint density at radius 3 is 2.68 bits per heavy atom. The second-order valence-electron chi connectivity index (χ2n) is 4.03. The molecule has 0 bridgehead atoms. The average Bonchev–Trinajstić information content (AvgIpc) is 2.69. The summed E-state index contributed by atoms with van der Waals surface area (Å²) in [6, 6.07) is 10.5. The first-order valence-corrected chi connectivity index (χ1v) is 6.97. The van der Waals surface area contributed by atoms with Gasteiger partial charge in [0.15, 0.2) is 0 Å². The third-order valence-electron chi connectivity index (χ3n) is 2.81. The monoisotopic (exact) mass is 356 g/mol. The van der Waals surface area contributed by atoms with Crippen LogP contribution in [0.15, 0.2) is 45.7 Å². The molecular formula is C13H7BrCl2N2O. The van der Waals surface area contributed by atoms with E-state index in [0.29, 0.717) is 21.1 Å². The zero-order chi connectivity index (χ0) is 13.6. The van der Waals surface area contributed by atoms with Crippen molar-refractivity contribution < 1.29 is 0 Å². The topological polar surface area (TPSA) is 37.8 Å². The largest absolute Gasteiger partial charge is 0.272 e. The summed E-state index contributed by atoms with van der Waals surface area (Å²) in [5.41, 5.74) is 1.21. The molecule has 6 heteroatoms. The lowest BCUT2D eigenvalue weighted by atomic mass is 10.2. The highest BCUT2D eigenvalue weighted by Crippen LogP contribution is 2.27. The molecule has 0 atom stereocenters. The molecule has 3 nitrogen and oxygen atoms in total. The second-order valence-corrected chi connectivity index (χ2v) is 5.79. The Kier molecular flexibility index (Phi) is 3.17. The first-order chi connectivity index (χ1) is 9.06. The van der Waals surface area contributed by atoms with Gasteiger partial charge in [0, 0.05) is 9.50 Å². The van der Waals surface area contributed by atoms with Gasteiger partial charge in [-0.25, -0.2) is 0 Å². The number of nitrogens with one attached hydrogen (secondary N) is 1. The van der Waals surface area contributed by atoms with E-state index in [1.165, 1.54) is 0 Å². The van der Waals surface area contributed by atoms with Crippen LogP contribution in [0.3, 0.4) is 0 Å². The first kappa shape index (κ1) is 12.8. The molecule has 1 N–H and O–H groups in total. The highest BCUT2D eigenvalue weighted by molar-refractivity contribution is 9.10. The fourth-order valence-electron chi connectivity index (χ4n) is 1.95. The summed E-state index contributed by atoms with van der Waals surface area (Å²) in [4.78, 5) is 11.9. The van der Waals surface area contributed by atoms with Crippen LogP contribution < -0.4 is 5.56 Å². The maximum atomic E-state index is 11.9. The van der Waals surface area contributed by atoms with Gasteiger partial charge in [-0.05, 0) is 36.4 Å². The third-order valence-corrected chi connectivity index (χ3v) is 3.86. The standard InChI is InChI=1S/C13H7BrCl2N2O/c14-7-1-3-9-11(5-7)18(17-13(9)19)12-6-8(15)2-4-10(12)16/h1-6H,(H,17,19). The number of aromatic amines is 1. The summed E-state index contributed by atoms with van der Waals surface area (Å²) in [6.07, 6.45) is 0. The molecule has 1 heterocycles. The van der Waals surface area contributed by atoms with Crippen LogP contribution in [0.25, 0.3) is 16.6 Å². The van der Waals surface area contributed by atoms with Crippen LogP contribution in [-0.4, -0.2) is 9.78 Å². The fraction of sp³-hybridized carbons (Fsp3) is 0. The summed E-state index contributed by atoms with van der Waals surface area (Å²) >= 11 is 15.5. The molecule has 0 saturated carbocycles. The van der Waals surface area contributed by atoms with Crippen molar-refractivity contribution in [2.75, 3.05) is 0 Å². The van der Waals surface area contributed by atoms with E-state index in [1.807, 2.05) is 12.1 Å². The minimum Gasteiger partial charge on any atom is -0.267 e. The van der Waals surface area contributed by atoms with Crippen molar-refractivity contribution in [3.05, 3.63) is 61.3 Å². The van der Waals surface area contributed by atoms with Crippen LogP contribution in [0.4, 0.5) is 0 Å². The van der Waals surface area contributed by atoms with Crippen molar-refractivity contribution in [1.82, 2.24) is 9.78 Å². The number of rotatable bonds is 1. The summed E-state index contributed by atoms with van der Waals surface area (Å²) in [7, 11) is 0. The lowest BCUT2D eigenvalue weighted by molar-refractivity contribution is 0.891. The van der Waals surface area contributed by atoms with Gasteiger partial charge in [-0.15, -0.1) is 0 Å². The Morgan fingerprint density at radius 2 is 1.89 bits per heavy atom. The molecule has 2 aromatic carbocycles. The summed E-state index contributed by atoms with van der Waals surface area (Å²) in [5.74, 6) is 0. The molecule has 1 aromatic heterocycles.